The van der Waals surface area contributed by atoms with Crippen LogP contribution in [0.25, 0.3) is 10.2 Å². The summed E-state index contributed by atoms with van der Waals surface area (Å²) < 4.78 is 2.51. The molecule has 3 aromatic rings. The Morgan fingerprint density at radius 3 is 2.93 bits per heavy atom. The van der Waals surface area contributed by atoms with Crippen molar-refractivity contribution in [3.8, 4) is 0 Å². The summed E-state index contributed by atoms with van der Waals surface area (Å²) in [6.45, 7) is 4.09. The summed E-state index contributed by atoms with van der Waals surface area (Å²) in [7, 11) is 1.68. The van der Waals surface area contributed by atoms with E-state index in [4.69, 9.17) is 5.73 Å². The van der Waals surface area contributed by atoms with Crippen LogP contribution in [0.4, 0.5) is 0 Å². The summed E-state index contributed by atoms with van der Waals surface area (Å²) in [5, 5.41) is 0.767. The highest BCUT2D eigenvalue weighted by atomic mass is 32.2. The molecule has 0 aliphatic carbocycles. The Kier molecular flexibility index (Phi) is 4.77. The number of hydrogen-bond donors (Lipinski definition) is 1. The number of primary amides is 1. The highest BCUT2D eigenvalue weighted by Crippen LogP contribution is 2.39. The van der Waals surface area contributed by atoms with Gasteiger partial charge in [-0.2, -0.15) is 0 Å². The molecule has 1 amide bonds. The Labute approximate surface area is 168 Å². The molecule has 140 valence electrons. The van der Waals surface area contributed by atoms with Crippen molar-refractivity contribution in [2.75, 3.05) is 0 Å². The van der Waals surface area contributed by atoms with E-state index in [9.17, 15) is 9.59 Å². The summed E-state index contributed by atoms with van der Waals surface area (Å²) in [6, 6.07) is 5.97. The average molecular weight is 419 g/mol. The Bertz CT molecular complexity index is 1120. The molecule has 0 bridgehead atoms. The van der Waals surface area contributed by atoms with E-state index in [1.807, 2.05) is 25.1 Å². The monoisotopic (exact) mass is 418 g/mol. The number of thioether (sulfide) groups is 2. The van der Waals surface area contributed by atoms with Crippen molar-refractivity contribution < 1.29 is 4.79 Å². The van der Waals surface area contributed by atoms with Crippen LogP contribution in [0.1, 0.15) is 28.4 Å². The zero-order valence-electron chi connectivity index (χ0n) is 15.1. The summed E-state index contributed by atoms with van der Waals surface area (Å²) in [6.07, 6.45) is 0.755. The number of benzene rings is 1. The van der Waals surface area contributed by atoms with Gasteiger partial charge in [0.2, 0.25) is 5.91 Å². The fraction of sp³-hybridized carbons (Fsp3) is 0.333. The van der Waals surface area contributed by atoms with Crippen molar-refractivity contribution in [2.24, 2.45) is 12.8 Å². The van der Waals surface area contributed by atoms with Crippen molar-refractivity contribution in [1.29, 1.82) is 0 Å². The predicted molar refractivity (Wildman–Crippen MR) is 111 cm³/mol. The second kappa shape index (κ2) is 6.96. The molecule has 1 aliphatic heterocycles. The van der Waals surface area contributed by atoms with Crippen LogP contribution < -0.4 is 11.3 Å². The van der Waals surface area contributed by atoms with Gasteiger partial charge in [-0.25, -0.2) is 9.97 Å². The minimum atomic E-state index is -0.690. The third-order valence-corrected chi connectivity index (χ3v) is 8.06. The molecule has 1 aliphatic rings. The average Bonchev–Trinajstić information content (AvgIpc) is 3.18. The number of carbonyl (C=O) groups excluding carboxylic acids is 1. The maximum Gasteiger partial charge on any atom is 0.267 e. The fourth-order valence-corrected chi connectivity index (χ4v) is 6.35. The van der Waals surface area contributed by atoms with Crippen LogP contribution in [0.5, 0.6) is 0 Å². The summed E-state index contributed by atoms with van der Waals surface area (Å²) >= 11 is 4.20. The van der Waals surface area contributed by atoms with Crippen LogP contribution >= 0.6 is 34.9 Å². The van der Waals surface area contributed by atoms with E-state index in [1.54, 1.807) is 18.8 Å². The minimum absolute atomic E-state index is 0.0694. The van der Waals surface area contributed by atoms with Crippen molar-refractivity contribution >= 4 is 51.0 Å². The number of nitrogens with zero attached hydrogens (tertiary/aromatic N) is 3. The van der Waals surface area contributed by atoms with E-state index in [2.05, 4.69) is 16.9 Å². The number of rotatable bonds is 4. The lowest BCUT2D eigenvalue weighted by Crippen LogP contribution is -2.24. The first-order valence-corrected chi connectivity index (χ1v) is 11.0. The molecule has 4 rings (SSSR count). The van der Waals surface area contributed by atoms with E-state index >= 15 is 0 Å². The number of amides is 1. The summed E-state index contributed by atoms with van der Waals surface area (Å²) in [5.41, 5.74) is 8.39. The predicted octanol–water partition coefficient (Wildman–Crippen LogP) is 3.05. The maximum absolute atomic E-state index is 12.7. The van der Waals surface area contributed by atoms with Crippen LogP contribution in [-0.4, -0.2) is 25.7 Å². The lowest BCUT2D eigenvalue weighted by Gasteiger charge is -2.13. The van der Waals surface area contributed by atoms with Crippen LogP contribution in [0.2, 0.25) is 0 Å². The lowest BCUT2D eigenvalue weighted by molar-refractivity contribution is -0.117. The van der Waals surface area contributed by atoms with Gasteiger partial charge in [0.1, 0.15) is 10.3 Å². The van der Waals surface area contributed by atoms with Gasteiger partial charge >= 0.3 is 0 Å². The van der Waals surface area contributed by atoms with Gasteiger partial charge in [-0.15, -0.1) is 23.1 Å². The smallest absolute Gasteiger partial charge is 0.267 e. The molecule has 2 unspecified atom stereocenters. The number of thiazole rings is 1. The van der Waals surface area contributed by atoms with Crippen molar-refractivity contribution in [1.82, 2.24) is 14.5 Å². The molecule has 0 spiro atoms. The second-order valence-electron chi connectivity index (χ2n) is 6.59. The van der Waals surface area contributed by atoms with Crippen LogP contribution in [0, 0.1) is 6.92 Å². The third-order valence-electron chi connectivity index (χ3n) is 4.34. The van der Waals surface area contributed by atoms with E-state index in [0.29, 0.717) is 20.3 Å². The van der Waals surface area contributed by atoms with Crippen molar-refractivity contribution in [3.63, 3.8) is 0 Å². The molecule has 2 atom stereocenters. The lowest BCUT2D eigenvalue weighted by atomic mass is 10.2. The molecular weight excluding hydrogens is 400 g/mol. The first kappa shape index (κ1) is 18.5. The summed E-state index contributed by atoms with van der Waals surface area (Å²) in [4.78, 5) is 34.8. The highest BCUT2D eigenvalue weighted by molar-refractivity contribution is 8.00. The molecule has 0 radical (unpaired) electrons. The van der Waals surface area contributed by atoms with Crippen LogP contribution in [-0.2, 0) is 18.3 Å². The van der Waals surface area contributed by atoms with Gasteiger partial charge in [-0.05, 0) is 24.6 Å². The molecule has 27 heavy (non-hydrogen) atoms. The normalized spacial score (nSPS) is 17.2. The van der Waals surface area contributed by atoms with Gasteiger partial charge in [-0.3, -0.25) is 14.2 Å². The van der Waals surface area contributed by atoms with E-state index < -0.39 is 11.2 Å². The zero-order valence-corrected chi connectivity index (χ0v) is 17.5. The molecular formula is C18H18N4O2S3. The van der Waals surface area contributed by atoms with Gasteiger partial charge in [0.25, 0.3) is 5.56 Å². The third kappa shape index (κ3) is 3.39. The first-order chi connectivity index (χ1) is 12.8. The molecule has 3 heterocycles. The van der Waals surface area contributed by atoms with Gasteiger partial charge in [-0.1, -0.05) is 24.8 Å². The van der Waals surface area contributed by atoms with E-state index in [1.165, 1.54) is 27.7 Å². The summed E-state index contributed by atoms with van der Waals surface area (Å²) in [5.74, 6) is -0.492. The molecule has 0 saturated carbocycles. The molecule has 2 N–H and O–H groups in total. The molecule has 9 heteroatoms. The van der Waals surface area contributed by atoms with E-state index in [0.717, 1.165) is 27.9 Å². The van der Waals surface area contributed by atoms with Gasteiger partial charge in [0.15, 0.2) is 5.16 Å². The Morgan fingerprint density at radius 2 is 2.19 bits per heavy atom. The first-order valence-electron chi connectivity index (χ1n) is 8.43. The second-order valence-corrected chi connectivity index (χ2v) is 10.2. The Hall–Kier alpha value is -1.84. The molecule has 0 saturated heterocycles. The Balaban J connectivity index is 1.74. The minimum Gasteiger partial charge on any atom is -0.368 e. The topological polar surface area (TPSA) is 90.9 Å². The molecule has 6 nitrogen and oxygen atoms in total. The Morgan fingerprint density at radius 1 is 1.41 bits per heavy atom. The number of fused-ring (bicyclic) bond motifs is 2. The maximum atomic E-state index is 12.7. The number of hydrogen-bond acceptors (Lipinski definition) is 7. The number of aryl methyl sites for hydroxylation is 1. The highest BCUT2D eigenvalue weighted by Gasteiger charge is 2.29. The van der Waals surface area contributed by atoms with Gasteiger partial charge < -0.3 is 5.73 Å². The SMILES string of the molecule is Cc1ccc2nc(C(Sc3nc4c(c(=O)n3C)SC(C)C4)C(N)=O)sc2c1. The molecule has 2 aromatic heterocycles. The number of aromatic nitrogens is 3. The number of nitrogens with two attached hydrogens (primary N) is 1. The van der Waals surface area contributed by atoms with Crippen molar-refractivity contribution in [3.05, 3.63) is 44.8 Å². The van der Waals surface area contributed by atoms with Gasteiger partial charge in [0.05, 0.1) is 20.8 Å². The quantitative estimate of drug-likeness (QED) is 0.517. The number of carbonyl (C=O) groups is 1. The van der Waals surface area contributed by atoms with Gasteiger partial charge in [0, 0.05) is 18.7 Å². The van der Waals surface area contributed by atoms with Crippen LogP contribution in [0.15, 0.2) is 33.0 Å². The van der Waals surface area contributed by atoms with Crippen LogP contribution in [0.3, 0.4) is 0 Å². The molecule has 0 fully saturated rings. The van der Waals surface area contributed by atoms with Crippen molar-refractivity contribution in [2.45, 2.75) is 40.8 Å². The standard InChI is InChI=1S/C18H18N4O2S3/c1-8-4-5-10-12(6-8)26-16(20-10)14(15(19)23)27-18-21-11-7-9(2)25-13(11)17(24)22(18)3/h4-6,9,14H,7H2,1-3H3,(H2,19,23). The molecule has 1 aromatic carbocycles. The zero-order chi connectivity index (χ0) is 19.3. The fourth-order valence-electron chi connectivity index (χ4n) is 2.98. The largest absolute Gasteiger partial charge is 0.368 e. The van der Waals surface area contributed by atoms with E-state index in [-0.39, 0.29) is 5.56 Å².